The molecule has 92 valence electrons. The van der Waals surface area contributed by atoms with Gasteiger partial charge >= 0.3 is 0 Å². The van der Waals surface area contributed by atoms with E-state index in [1.54, 1.807) is 11.9 Å². The number of likely N-dealkylation sites (N-methyl/N-ethyl adjacent to an activating group) is 1. The fourth-order valence-corrected chi connectivity index (χ4v) is 2.02. The van der Waals surface area contributed by atoms with Gasteiger partial charge in [-0.05, 0) is 19.5 Å². The predicted molar refractivity (Wildman–Crippen MR) is 59.2 cm³/mol. The highest BCUT2D eigenvalue weighted by atomic mass is 19.1. The number of halogens is 2. The highest BCUT2D eigenvalue weighted by Crippen LogP contribution is 2.17. The Labute approximate surface area is 98.4 Å². The lowest BCUT2D eigenvalue weighted by atomic mass is 10.2. The van der Waals surface area contributed by atoms with Gasteiger partial charge in [0.05, 0.1) is 6.04 Å². The van der Waals surface area contributed by atoms with Crippen LogP contribution in [-0.2, 0) is 11.3 Å². The molecule has 1 atom stereocenters. The molecule has 5 heteroatoms. The monoisotopic (exact) mass is 240 g/mol. The van der Waals surface area contributed by atoms with Gasteiger partial charge < -0.3 is 10.2 Å². The Morgan fingerprint density at radius 2 is 2.24 bits per heavy atom. The first-order valence-corrected chi connectivity index (χ1v) is 5.52. The first-order valence-electron chi connectivity index (χ1n) is 5.52. The summed E-state index contributed by atoms with van der Waals surface area (Å²) in [5, 5.41) is 2.91. The summed E-state index contributed by atoms with van der Waals surface area (Å²) in [6.07, 6.45) is 0.720. The van der Waals surface area contributed by atoms with Crippen LogP contribution in [0.25, 0.3) is 0 Å². The van der Waals surface area contributed by atoms with Crippen molar-refractivity contribution in [2.45, 2.75) is 19.0 Å². The molecule has 1 aliphatic heterocycles. The fraction of sp³-hybridized carbons (Fsp3) is 0.417. The molecule has 0 spiro atoms. The zero-order chi connectivity index (χ0) is 12.4. The molecular formula is C12H14F2N2O. The maximum Gasteiger partial charge on any atom is 0.240 e. The van der Waals surface area contributed by atoms with Gasteiger partial charge in [-0.2, -0.15) is 0 Å². The van der Waals surface area contributed by atoms with Gasteiger partial charge in [0.25, 0.3) is 0 Å². The van der Waals surface area contributed by atoms with Crippen molar-refractivity contribution in [3.8, 4) is 0 Å². The number of carbonyl (C=O) groups excluding carboxylic acids is 1. The van der Waals surface area contributed by atoms with E-state index in [-0.39, 0.29) is 18.5 Å². The van der Waals surface area contributed by atoms with E-state index in [2.05, 4.69) is 5.32 Å². The smallest absolute Gasteiger partial charge is 0.240 e. The third kappa shape index (κ3) is 2.44. The van der Waals surface area contributed by atoms with E-state index in [1.165, 1.54) is 12.1 Å². The van der Waals surface area contributed by atoms with E-state index in [9.17, 15) is 13.6 Å². The number of rotatable bonds is 3. The van der Waals surface area contributed by atoms with Crippen LogP contribution in [0.15, 0.2) is 18.2 Å². The van der Waals surface area contributed by atoms with Crippen molar-refractivity contribution in [1.82, 2.24) is 10.2 Å². The SMILES string of the molecule is CNC1CCN(Cc2ccc(F)cc2F)C1=O. The minimum Gasteiger partial charge on any atom is -0.337 e. The molecule has 1 aromatic rings. The van der Waals surface area contributed by atoms with Crippen LogP contribution >= 0.6 is 0 Å². The molecule has 0 bridgehead atoms. The number of amides is 1. The van der Waals surface area contributed by atoms with Gasteiger partial charge in [-0.1, -0.05) is 6.07 Å². The van der Waals surface area contributed by atoms with Crippen LogP contribution in [0.5, 0.6) is 0 Å². The molecule has 17 heavy (non-hydrogen) atoms. The summed E-state index contributed by atoms with van der Waals surface area (Å²) in [7, 11) is 1.73. The third-order valence-electron chi connectivity index (χ3n) is 3.02. The molecule has 1 heterocycles. The van der Waals surface area contributed by atoms with Gasteiger partial charge in [-0.25, -0.2) is 8.78 Å². The second-order valence-electron chi connectivity index (χ2n) is 4.13. The van der Waals surface area contributed by atoms with Crippen molar-refractivity contribution in [2.24, 2.45) is 0 Å². The van der Waals surface area contributed by atoms with Gasteiger partial charge in [0.2, 0.25) is 5.91 Å². The Hall–Kier alpha value is -1.49. The maximum absolute atomic E-state index is 13.4. The molecule has 0 aliphatic carbocycles. The normalized spacial score (nSPS) is 20.1. The van der Waals surface area contributed by atoms with Gasteiger partial charge in [-0.15, -0.1) is 0 Å². The lowest BCUT2D eigenvalue weighted by Crippen LogP contribution is -2.36. The molecule has 0 aromatic heterocycles. The van der Waals surface area contributed by atoms with Crippen LogP contribution in [0.3, 0.4) is 0 Å². The first kappa shape index (κ1) is 12.0. The summed E-state index contributed by atoms with van der Waals surface area (Å²) >= 11 is 0. The summed E-state index contributed by atoms with van der Waals surface area (Å²) in [4.78, 5) is 13.4. The number of nitrogens with one attached hydrogen (secondary N) is 1. The van der Waals surface area contributed by atoms with E-state index >= 15 is 0 Å². The Kier molecular flexibility index (Phi) is 3.38. The Bertz CT molecular complexity index is 437. The fourth-order valence-electron chi connectivity index (χ4n) is 2.02. The average Bonchev–Trinajstić information content (AvgIpc) is 2.64. The largest absolute Gasteiger partial charge is 0.337 e. The Morgan fingerprint density at radius 1 is 1.47 bits per heavy atom. The summed E-state index contributed by atoms with van der Waals surface area (Å²) in [5.41, 5.74) is 0.344. The Morgan fingerprint density at radius 3 is 2.82 bits per heavy atom. The number of carbonyl (C=O) groups is 1. The quantitative estimate of drug-likeness (QED) is 0.863. The van der Waals surface area contributed by atoms with E-state index < -0.39 is 11.6 Å². The van der Waals surface area contributed by atoms with Gasteiger partial charge in [-0.3, -0.25) is 4.79 Å². The molecular weight excluding hydrogens is 226 g/mol. The molecule has 1 N–H and O–H groups in total. The van der Waals surface area contributed by atoms with Crippen LogP contribution in [0.2, 0.25) is 0 Å². The van der Waals surface area contributed by atoms with Crippen LogP contribution < -0.4 is 5.32 Å². The second-order valence-corrected chi connectivity index (χ2v) is 4.13. The number of benzene rings is 1. The molecule has 0 radical (unpaired) electrons. The minimum absolute atomic E-state index is 0.0313. The number of hydrogen-bond donors (Lipinski definition) is 1. The van der Waals surface area contributed by atoms with E-state index in [0.717, 1.165) is 12.5 Å². The summed E-state index contributed by atoms with van der Waals surface area (Å²) < 4.78 is 26.1. The summed E-state index contributed by atoms with van der Waals surface area (Å²) in [5.74, 6) is -1.24. The standard InChI is InChI=1S/C12H14F2N2O/c1-15-11-4-5-16(12(11)17)7-8-2-3-9(13)6-10(8)14/h2-3,6,11,15H,4-5,7H2,1H3. The first-order chi connectivity index (χ1) is 8.11. The van der Waals surface area contributed by atoms with E-state index in [0.29, 0.717) is 12.1 Å². The molecule has 1 amide bonds. The molecule has 1 unspecified atom stereocenters. The van der Waals surface area contributed by atoms with Crippen molar-refractivity contribution in [2.75, 3.05) is 13.6 Å². The second kappa shape index (κ2) is 4.79. The highest BCUT2D eigenvalue weighted by molar-refractivity contribution is 5.83. The lowest BCUT2D eigenvalue weighted by Gasteiger charge is -2.17. The lowest BCUT2D eigenvalue weighted by molar-refractivity contribution is -0.129. The topological polar surface area (TPSA) is 32.3 Å². The van der Waals surface area contributed by atoms with E-state index in [1.807, 2.05) is 0 Å². The molecule has 1 fully saturated rings. The van der Waals surface area contributed by atoms with Gasteiger partial charge in [0, 0.05) is 24.7 Å². The zero-order valence-electron chi connectivity index (χ0n) is 9.54. The molecule has 1 aliphatic rings. The molecule has 0 saturated carbocycles. The van der Waals surface area contributed by atoms with E-state index in [4.69, 9.17) is 0 Å². The molecule has 1 saturated heterocycles. The molecule has 2 rings (SSSR count). The molecule has 3 nitrogen and oxygen atoms in total. The summed E-state index contributed by atoms with van der Waals surface area (Å²) in [6, 6.07) is 3.24. The number of likely N-dealkylation sites (tertiary alicyclic amines) is 1. The maximum atomic E-state index is 13.4. The van der Waals surface area contributed by atoms with Crippen molar-refractivity contribution < 1.29 is 13.6 Å². The predicted octanol–water partition coefficient (Wildman–Crippen LogP) is 1.29. The van der Waals surface area contributed by atoms with Crippen molar-refractivity contribution in [3.05, 3.63) is 35.4 Å². The van der Waals surface area contributed by atoms with Gasteiger partial charge in [0.1, 0.15) is 11.6 Å². The van der Waals surface area contributed by atoms with Crippen molar-refractivity contribution in [3.63, 3.8) is 0 Å². The minimum atomic E-state index is -0.606. The number of hydrogen-bond acceptors (Lipinski definition) is 2. The van der Waals surface area contributed by atoms with Crippen molar-refractivity contribution >= 4 is 5.91 Å². The zero-order valence-corrected chi connectivity index (χ0v) is 9.54. The Balaban J connectivity index is 2.09. The summed E-state index contributed by atoms with van der Waals surface area (Å²) in [6.45, 7) is 0.796. The molecule has 1 aromatic carbocycles. The van der Waals surface area contributed by atoms with Crippen LogP contribution in [0.1, 0.15) is 12.0 Å². The third-order valence-corrected chi connectivity index (χ3v) is 3.02. The van der Waals surface area contributed by atoms with Crippen LogP contribution in [0, 0.1) is 11.6 Å². The van der Waals surface area contributed by atoms with Crippen LogP contribution in [-0.4, -0.2) is 30.4 Å². The van der Waals surface area contributed by atoms with Crippen molar-refractivity contribution in [1.29, 1.82) is 0 Å². The number of nitrogens with zero attached hydrogens (tertiary/aromatic N) is 1. The van der Waals surface area contributed by atoms with Gasteiger partial charge in [0.15, 0.2) is 0 Å². The highest BCUT2D eigenvalue weighted by Gasteiger charge is 2.30. The average molecular weight is 240 g/mol. The van der Waals surface area contributed by atoms with Crippen LogP contribution in [0.4, 0.5) is 8.78 Å².